The highest BCUT2D eigenvalue weighted by molar-refractivity contribution is 6.04. The Morgan fingerprint density at radius 2 is 2.07 bits per heavy atom. The van der Waals surface area contributed by atoms with Crippen LogP contribution in [0.4, 0.5) is 0 Å². The SMILES string of the molecule is CCCCC1OC(CCc2ccc(O)c(OCC[C+]3C=C4C(=N3)CC[C@H]3CCC[C@@H]3[C@H]4[C@H](CNC)NC[C@H](C)O)c2)=C[C-]1CO. The standard InChI is InChI=1S/C37H55N3O5/c1-4-5-9-35-27(23-41)19-29(45-35)13-10-25-11-15-34(43)36(18-25)44-17-16-28-20-31-32(40-28)14-12-26-7-6-8-30(26)37(31)33(22-38-3)39-21-24(2)42/h11,15,18-20,24,26,30,33,35,37-39,41-43H,4-10,12-14,16-17,21-23H2,1-3H3/t24-,26+,30-,33-,35?,37+/m0/s1. The van der Waals surface area contributed by atoms with E-state index >= 15 is 0 Å². The molecule has 1 unspecified atom stereocenters. The third kappa shape index (κ3) is 8.59. The number of likely N-dealkylation sites (N-methyl/N-ethyl adjacent to an activating group) is 1. The van der Waals surface area contributed by atoms with Crippen molar-refractivity contribution in [3.63, 3.8) is 0 Å². The highest BCUT2D eigenvalue weighted by atomic mass is 16.5. The first-order valence-electron chi connectivity index (χ1n) is 17.4. The average Bonchev–Trinajstić information content (AvgIpc) is 3.75. The van der Waals surface area contributed by atoms with Crippen molar-refractivity contribution in [2.75, 3.05) is 33.4 Å². The van der Waals surface area contributed by atoms with E-state index in [2.05, 4.69) is 23.6 Å². The lowest BCUT2D eigenvalue weighted by molar-refractivity contribution is 0.123. The second kappa shape index (κ2) is 16.3. The normalized spacial score (nSPS) is 25.6. The Bertz CT molecular complexity index is 1200. The van der Waals surface area contributed by atoms with Crippen molar-refractivity contribution in [3.05, 3.63) is 59.2 Å². The largest absolute Gasteiger partial charge is 0.592 e. The second-order valence-electron chi connectivity index (χ2n) is 13.5. The molecule has 4 aliphatic rings. The number of hydrogen-bond donors (Lipinski definition) is 5. The Labute approximate surface area is 270 Å². The summed E-state index contributed by atoms with van der Waals surface area (Å²) in [5, 5.41) is 37.4. The summed E-state index contributed by atoms with van der Waals surface area (Å²) in [6.07, 6.45) is 15.3. The van der Waals surface area contributed by atoms with Gasteiger partial charge in [-0.15, -0.1) is 4.99 Å². The number of aliphatic hydroxyl groups excluding tert-OH is 2. The number of benzene rings is 1. The van der Waals surface area contributed by atoms with Gasteiger partial charge >= 0.3 is 0 Å². The average molecular weight is 622 g/mol. The summed E-state index contributed by atoms with van der Waals surface area (Å²) in [6.45, 7) is 5.91. The molecule has 2 heterocycles. The first kappa shape index (κ1) is 33.7. The van der Waals surface area contributed by atoms with E-state index in [0.717, 1.165) is 74.3 Å². The molecule has 5 N–H and O–H groups in total. The summed E-state index contributed by atoms with van der Waals surface area (Å²) in [5.41, 5.74) is 3.68. The molecule has 1 aromatic rings. The molecule has 2 aliphatic carbocycles. The first-order valence-corrected chi connectivity index (χ1v) is 17.4. The minimum Gasteiger partial charge on any atom is -0.592 e. The van der Waals surface area contributed by atoms with Gasteiger partial charge in [0.1, 0.15) is 12.2 Å². The Hall–Kier alpha value is -2.65. The van der Waals surface area contributed by atoms with E-state index in [-0.39, 0.29) is 30.6 Å². The van der Waals surface area contributed by atoms with E-state index in [4.69, 9.17) is 14.5 Å². The molecule has 0 bridgehead atoms. The molecule has 0 saturated heterocycles. The van der Waals surface area contributed by atoms with Crippen molar-refractivity contribution in [2.45, 2.75) is 103 Å². The van der Waals surface area contributed by atoms with Crippen molar-refractivity contribution in [1.29, 1.82) is 0 Å². The van der Waals surface area contributed by atoms with E-state index in [1.807, 2.05) is 32.2 Å². The first-order chi connectivity index (χ1) is 21.9. The molecular weight excluding hydrogens is 566 g/mol. The zero-order chi connectivity index (χ0) is 31.8. The Morgan fingerprint density at radius 3 is 2.84 bits per heavy atom. The molecule has 1 aromatic carbocycles. The van der Waals surface area contributed by atoms with Crippen LogP contribution in [-0.2, 0) is 11.2 Å². The number of ether oxygens (including phenoxy) is 2. The lowest BCUT2D eigenvalue weighted by Gasteiger charge is -2.32. The molecule has 5 rings (SSSR count). The van der Waals surface area contributed by atoms with Gasteiger partial charge in [0.2, 0.25) is 0 Å². The molecule has 6 atom stereocenters. The van der Waals surface area contributed by atoms with Crippen molar-refractivity contribution < 1.29 is 24.8 Å². The third-order valence-electron chi connectivity index (χ3n) is 10.1. The maximum atomic E-state index is 10.5. The van der Waals surface area contributed by atoms with Crippen LogP contribution in [0, 0.1) is 29.7 Å². The van der Waals surface area contributed by atoms with Gasteiger partial charge in [0.25, 0.3) is 0 Å². The number of aromatic hydroxyl groups is 1. The zero-order valence-electron chi connectivity index (χ0n) is 27.6. The number of phenolic OH excluding ortho intramolecular Hbond substituents is 1. The fourth-order valence-electron chi connectivity index (χ4n) is 7.85. The zero-order valence-corrected chi connectivity index (χ0v) is 27.6. The molecule has 0 amide bonds. The second-order valence-corrected chi connectivity index (χ2v) is 13.5. The molecule has 0 spiro atoms. The molecule has 45 heavy (non-hydrogen) atoms. The monoisotopic (exact) mass is 621 g/mol. The predicted octanol–water partition coefficient (Wildman–Crippen LogP) is 5.43. The Balaban J connectivity index is 1.19. The van der Waals surface area contributed by atoms with Crippen LogP contribution in [-0.4, -0.2) is 72.6 Å². The van der Waals surface area contributed by atoms with Crippen LogP contribution < -0.4 is 15.4 Å². The number of nitrogens with one attached hydrogen (secondary N) is 2. The van der Waals surface area contributed by atoms with Crippen LogP contribution in [0.25, 0.3) is 0 Å². The van der Waals surface area contributed by atoms with Crippen LogP contribution in [0.15, 0.2) is 46.7 Å². The molecule has 248 valence electrons. The molecule has 2 saturated carbocycles. The van der Waals surface area contributed by atoms with Crippen molar-refractivity contribution in [1.82, 2.24) is 10.6 Å². The fourth-order valence-corrected chi connectivity index (χ4v) is 7.85. The molecular formula is C37H55N3O5. The van der Waals surface area contributed by atoms with Gasteiger partial charge in [-0.25, -0.2) is 0 Å². The lowest BCUT2D eigenvalue weighted by atomic mass is 9.75. The summed E-state index contributed by atoms with van der Waals surface area (Å²) >= 11 is 0. The highest BCUT2D eigenvalue weighted by Gasteiger charge is 2.49. The number of allylic oxidation sites excluding steroid dienone is 1. The number of aliphatic hydroxyl groups is 2. The topological polar surface area (TPSA) is 116 Å². The van der Waals surface area contributed by atoms with E-state index in [9.17, 15) is 15.3 Å². The van der Waals surface area contributed by atoms with Crippen LogP contribution in [0.1, 0.15) is 83.6 Å². The summed E-state index contributed by atoms with van der Waals surface area (Å²) in [4.78, 5) is 5.13. The molecule has 8 heteroatoms. The number of hydrogen-bond acceptors (Lipinski definition) is 8. The minimum absolute atomic E-state index is 0.00641. The van der Waals surface area contributed by atoms with Gasteiger partial charge in [0, 0.05) is 38.3 Å². The number of rotatable bonds is 17. The maximum absolute atomic E-state index is 10.5. The minimum atomic E-state index is -0.386. The van der Waals surface area contributed by atoms with E-state index in [1.54, 1.807) is 6.07 Å². The van der Waals surface area contributed by atoms with Crippen molar-refractivity contribution in [2.24, 2.45) is 22.7 Å². The van der Waals surface area contributed by atoms with Crippen LogP contribution in [0.3, 0.4) is 0 Å². The van der Waals surface area contributed by atoms with Gasteiger partial charge in [-0.05, 0) is 69.2 Å². The van der Waals surface area contributed by atoms with Gasteiger partial charge in [-0.1, -0.05) is 50.9 Å². The summed E-state index contributed by atoms with van der Waals surface area (Å²) in [6, 6.07) is 6.85. The molecule has 2 aliphatic heterocycles. The van der Waals surface area contributed by atoms with Gasteiger partial charge in [0.15, 0.2) is 23.3 Å². The number of fused-ring (bicyclic) bond motifs is 2. The molecule has 8 nitrogen and oxygen atoms in total. The van der Waals surface area contributed by atoms with Crippen molar-refractivity contribution in [3.8, 4) is 11.5 Å². The third-order valence-corrected chi connectivity index (χ3v) is 10.1. The molecule has 2 fully saturated rings. The Morgan fingerprint density at radius 1 is 1.20 bits per heavy atom. The van der Waals surface area contributed by atoms with Gasteiger partial charge in [0.05, 0.1) is 24.5 Å². The number of phenols is 1. The van der Waals surface area contributed by atoms with Crippen LogP contribution in [0.2, 0.25) is 0 Å². The summed E-state index contributed by atoms with van der Waals surface area (Å²) in [7, 11) is 2.01. The number of unbranched alkanes of at least 4 members (excludes halogenated alkanes) is 1. The van der Waals surface area contributed by atoms with Gasteiger partial charge in [-0.3, -0.25) is 0 Å². The van der Waals surface area contributed by atoms with Gasteiger partial charge in [-0.2, -0.15) is 12.0 Å². The van der Waals surface area contributed by atoms with Crippen LogP contribution in [0.5, 0.6) is 11.5 Å². The van der Waals surface area contributed by atoms with E-state index < -0.39 is 0 Å². The van der Waals surface area contributed by atoms with E-state index in [0.29, 0.717) is 37.2 Å². The quantitative estimate of drug-likeness (QED) is 0.147. The number of aliphatic imine (C=N–C) groups is 1. The van der Waals surface area contributed by atoms with E-state index in [1.165, 1.54) is 37.0 Å². The van der Waals surface area contributed by atoms with Gasteiger partial charge < -0.3 is 35.4 Å². The highest BCUT2D eigenvalue weighted by Crippen LogP contribution is 2.48. The Kier molecular flexibility index (Phi) is 12.2. The fraction of sp³-hybridized carbons (Fsp3) is 0.649. The lowest BCUT2D eigenvalue weighted by Crippen LogP contribution is -2.49. The predicted molar refractivity (Wildman–Crippen MR) is 179 cm³/mol. The smallest absolute Gasteiger partial charge is 0.189 e. The summed E-state index contributed by atoms with van der Waals surface area (Å²) in [5.74, 6) is 4.27. The van der Waals surface area contributed by atoms with Crippen molar-refractivity contribution >= 4 is 5.71 Å². The molecule has 0 radical (unpaired) electrons. The maximum Gasteiger partial charge on any atom is 0.189 e. The number of aryl methyl sites for hydroxylation is 1. The summed E-state index contributed by atoms with van der Waals surface area (Å²) < 4.78 is 12.3. The molecule has 0 aromatic heterocycles. The van der Waals surface area contributed by atoms with Crippen LogP contribution >= 0.6 is 0 Å². The number of nitrogens with zero attached hydrogens (tertiary/aromatic N) is 1.